The lowest BCUT2D eigenvalue weighted by molar-refractivity contribution is -0.152. The Hall–Kier alpha value is -2.66. The number of carbonyl (C=O) groups is 2. The van der Waals surface area contributed by atoms with Crippen molar-refractivity contribution in [1.29, 1.82) is 0 Å². The minimum Gasteiger partial charge on any atom is -0.476 e. The van der Waals surface area contributed by atoms with Gasteiger partial charge in [-0.3, -0.25) is 9.69 Å². The number of piperazine rings is 1. The van der Waals surface area contributed by atoms with Gasteiger partial charge in [-0.25, -0.2) is 14.2 Å². The normalized spacial score (nSPS) is 19.8. The van der Waals surface area contributed by atoms with Crippen molar-refractivity contribution in [2.75, 3.05) is 31.7 Å². The van der Waals surface area contributed by atoms with E-state index in [2.05, 4.69) is 15.0 Å². The molecule has 2 aliphatic rings. The molecule has 0 N–H and O–H groups in total. The molecule has 0 radical (unpaired) electrons. The molecule has 2 atom stereocenters. The summed E-state index contributed by atoms with van der Waals surface area (Å²) in [5.74, 6) is -1.08. The van der Waals surface area contributed by atoms with Crippen LogP contribution in [0.3, 0.4) is 0 Å². The molecule has 2 unspecified atom stereocenters. The van der Waals surface area contributed by atoms with Gasteiger partial charge >= 0.3 is 12.1 Å². The number of nitrogens with zero attached hydrogens (tertiary/aromatic N) is 5. The second-order valence-corrected chi connectivity index (χ2v) is 11.6. The van der Waals surface area contributed by atoms with Gasteiger partial charge < -0.3 is 19.1 Å². The lowest BCUT2D eigenvalue weighted by Gasteiger charge is -2.42. The summed E-state index contributed by atoms with van der Waals surface area (Å²) in [4.78, 5) is 41.3. The molecule has 2 aliphatic heterocycles. The van der Waals surface area contributed by atoms with E-state index in [1.165, 1.54) is 7.11 Å². The van der Waals surface area contributed by atoms with E-state index >= 15 is 4.39 Å². The fourth-order valence-corrected chi connectivity index (χ4v) is 5.01. The first-order valence-corrected chi connectivity index (χ1v) is 12.7. The fraction of sp³-hybridized carbons (Fsp3) is 0.625. The van der Waals surface area contributed by atoms with Crippen LogP contribution in [-0.2, 0) is 14.3 Å². The molecule has 2 saturated heterocycles. The molecule has 4 rings (SSSR count). The Kier molecular flexibility index (Phi) is 7.33. The third-order valence-corrected chi connectivity index (χ3v) is 6.78. The van der Waals surface area contributed by atoms with Crippen LogP contribution in [0.5, 0.6) is 5.88 Å². The van der Waals surface area contributed by atoms with E-state index in [-0.39, 0.29) is 46.9 Å². The highest BCUT2D eigenvalue weighted by Gasteiger charge is 2.45. The molecule has 202 valence electrons. The second-order valence-electron chi connectivity index (χ2n) is 10.9. The van der Waals surface area contributed by atoms with Gasteiger partial charge in [-0.2, -0.15) is 9.97 Å². The number of hydrogen-bond acceptors (Lipinski definition) is 9. The maximum atomic E-state index is 15.1. The zero-order chi connectivity index (χ0) is 27.3. The molecule has 4 heterocycles. The van der Waals surface area contributed by atoms with Crippen molar-refractivity contribution in [3.8, 4) is 5.88 Å². The van der Waals surface area contributed by atoms with Crippen molar-refractivity contribution in [3.63, 3.8) is 0 Å². The van der Waals surface area contributed by atoms with Crippen molar-refractivity contribution in [3.05, 3.63) is 16.3 Å². The molecule has 2 aromatic heterocycles. The molecule has 2 fully saturated rings. The number of rotatable bonds is 5. The molecule has 2 bridgehead atoms. The Morgan fingerprint density at radius 3 is 2.24 bits per heavy atom. The summed E-state index contributed by atoms with van der Waals surface area (Å²) in [7, 11) is 1.28. The number of halogens is 3. The second kappa shape index (κ2) is 9.90. The van der Waals surface area contributed by atoms with Gasteiger partial charge in [-0.05, 0) is 59.1 Å². The fourth-order valence-electron chi connectivity index (χ4n) is 4.68. The van der Waals surface area contributed by atoms with Crippen LogP contribution in [0.15, 0.2) is 0 Å². The number of esters is 1. The molecular formula is C24H30Cl2FN5O5. The summed E-state index contributed by atoms with van der Waals surface area (Å²) in [6.07, 6.45) is 1.21. The minimum atomic E-state index is -1.02. The molecule has 2 aromatic rings. The van der Waals surface area contributed by atoms with Crippen molar-refractivity contribution in [2.24, 2.45) is 5.41 Å². The quantitative estimate of drug-likeness (QED) is 0.295. The Balaban J connectivity index is 1.72. The summed E-state index contributed by atoms with van der Waals surface area (Å²) in [6, 6.07) is -0.268. The first-order chi connectivity index (χ1) is 17.2. The van der Waals surface area contributed by atoms with Gasteiger partial charge in [0.1, 0.15) is 28.9 Å². The average molecular weight is 558 g/mol. The van der Waals surface area contributed by atoms with E-state index in [1.807, 2.05) is 25.7 Å². The third kappa shape index (κ3) is 5.47. The number of pyridine rings is 1. The number of ether oxygens (including phenoxy) is 3. The SMILES string of the molecule is COC(=O)C(C)(C)COc1nc(Cl)c(F)c2nc(Cl)nc(N3CC4CCC(C3)N4C(=O)OC(C)(C)C)c12. The highest BCUT2D eigenvalue weighted by Crippen LogP contribution is 2.40. The monoisotopic (exact) mass is 557 g/mol. The Morgan fingerprint density at radius 2 is 1.68 bits per heavy atom. The number of hydrogen-bond donors (Lipinski definition) is 0. The van der Waals surface area contributed by atoms with E-state index in [9.17, 15) is 9.59 Å². The predicted octanol–water partition coefficient (Wildman–Crippen LogP) is 4.64. The van der Waals surface area contributed by atoms with Crippen LogP contribution >= 0.6 is 23.2 Å². The smallest absolute Gasteiger partial charge is 0.410 e. The summed E-state index contributed by atoms with van der Waals surface area (Å²) in [5.41, 5.74) is -1.78. The van der Waals surface area contributed by atoms with E-state index < -0.39 is 28.0 Å². The van der Waals surface area contributed by atoms with Crippen molar-refractivity contribution in [1.82, 2.24) is 19.9 Å². The highest BCUT2D eigenvalue weighted by atomic mass is 35.5. The van der Waals surface area contributed by atoms with E-state index in [0.29, 0.717) is 18.9 Å². The lowest BCUT2D eigenvalue weighted by Crippen LogP contribution is -2.57. The number of amides is 1. The molecule has 0 spiro atoms. The van der Waals surface area contributed by atoms with Gasteiger partial charge in [0.15, 0.2) is 11.0 Å². The van der Waals surface area contributed by atoms with Crippen molar-refractivity contribution in [2.45, 2.75) is 65.1 Å². The maximum absolute atomic E-state index is 15.1. The molecule has 0 aliphatic carbocycles. The standard InChI is InChI=1S/C24H30Cl2FN5O5/c1-23(2,3)37-22(34)32-12-7-8-13(32)10-31(9-12)18-14-16(28-21(26)30-18)15(27)17(25)29-19(14)36-11-24(4,5)20(33)35-6/h12-13H,7-11H2,1-6H3. The van der Waals surface area contributed by atoms with Gasteiger partial charge in [-0.15, -0.1) is 0 Å². The number of carbonyl (C=O) groups excluding carboxylic acids is 2. The van der Waals surface area contributed by atoms with E-state index in [1.54, 1.807) is 18.7 Å². The van der Waals surface area contributed by atoms with Crippen molar-refractivity contribution < 1.29 is 28.2 Å². The number of aromatic nitrogens is 3. The van der Waals surface area contributed by atoms with Crippen LogP contribution in [0.2, 0.25) is 10.4 Å². The molecular weight excluding hydrogens is 528 g/mol. The topological polar surface area (TPSA) is 107 Å². The van der Waals surface area contributed by atoms with Crippen LogP contribution in [0, 0.1) is 11.2 Å². The zero-order valence-electron chi connectivity index (χ0n) is 21.6. The molecule has 0 aromatic carbocycles. The summed E-state index contributed by atoms with van der Waals surface area (Å²) >= 11 is 12.3. The van der Waals surface area contributed by atoms with Crippen molar-refractivity contribution >= 4 is 52.0 Å². The Morgan fingerprint density at radius 1 is 1.05 bits per heavy atom. The van der Waals surface area contributed by atoms with E-state index in [4.69, 9.17) is 37.4 Å². The van der Waals surface area contributed by atoms with Gasteiger partial charge in [0.25, 0.3) is 0 Å². The van der Waals surface area contributed by atoms with Gasteiger partial charge in [0.05, 0.1) is 24.6 Å². The first kappa shape index (κ1) is 27.4. The van der Waals surface area contributed by atoms with Crippen LogP contribution < -0.4 is 9.64 Å². The molecule has 37 heavy (non-hydrogen) atoms. The largest absolute Gasteiger partial charge is 0.476 e. The minimum absolute atomic E-state index is 0.0352. The summed E-state index contributed by atoms with van der Waals surface area (Å²) < 4.78 is 31.5. The third-order valence-electron chi connectivity index (χ3n) is 6.36. The van der Waals surface area contributed by atoms with E-state index in [0.717, 1.165) is 12.8 Å². The molecule has 10 nitrogen and oxygen atoms in total. The predicted molar refractivity (Wildman–Crippen MR) is 136 cm³/mol. The maximum Gasteiger partial charge on any atom is 0.410 e. The zero-order valence-corrected chi connectivity index (χ0v) is 23.1. The van der Waals surface area contributed by atoms with Crippen LogP contribution in [0.4, 0.5) is 15.0 Å². The first-order valence-electron chi connectivity index (χ1n) is 11.9. The van der Waals surface area contributed by atoms with Gasteiger partial charge in [0.2, 0.25) is 11.2 Å². The average Bonchev–Trinajstić information content (AvgIpc) is 3.08. The summed E-state index contributed by atoms with van der Waals surface area (Å²) in [6.45, 7) is 9.48. The Labute approximate surface area is 224 Å². The molecule has 0 saturated carbocycles. The molecule has 13 heteroatoms. The number of methoxy groups -OCH3 is 1. The highest BCUT2D eigenvalue weighted by molar-refractivity contribution is 6.31. The Bertz CT molecular complexity index is 1220. The lowest BCUT2D eigenvalue weighted by atomic mass is 9.95. The summed E-state index contributed by atoms with van der Waals surface area (Å²) in [5, 5.41) is -0.447. The van der Waals surface area contributed by atoms with Gasteiger partial charge in [-0.1, -0.05) is 11.6 Å². The van der Waals surface area contributed by atoms with Crippen LogP contribution in [0.25, 0.3) is 10.9 Å². The van der Waals surface area contributed by atoms with Crippen LogP contribution in [0.1, 0.15) is 47.5 Å². The van der Waals surface area contributed by atoms with Crippen LogP contribution in [-0.4, -0.2) is 76.4 Å². The molecule has 1 amide bonds. The number of anilines is 1. The van der Waals surface area contributed by atoms with Gasteiger partial charge in [0, 0.05) is 13.1 Å². The number of fused-ring (bicyclic) bond motifs is 3.